The molecule has 0 bridgehead atoms. The second-order valence-electron chi connectivity index (χ2n) is 7.45. The minimum atomic E-state index is -3.25. The Morgan fingerprint density at radius 1 is 1.34 bits per heavy atom. The predicted molar refractivity (Wildman–Crippen MR) is 107 cm³/mol. The van der Waals surface area contributed by atoms with Gasteiger partial charge in [0.2, 0.25) is 15.9 Å². The number of hydrogen-bond acceptors (Lipinski definition) is 6. The maximum absolute atomic E-state index is 12.4. The second-order valence-corrected chi connectivity index (χ2v) is 9.43. The van der Waals surface area contributed by atoms with Crippen LogP contribution >= 0.6 is 0 Å². The Morgan fingerprint density at radius 3 is 2.72 bits per heavy atom. The number of carbonyl (C=O) groups excluding carboxylic acids is 2. The third-order valence-corrected chi connectivity index (χ3v) is 6.56. The minimum Gasteiger partial charge on any atom is -0.365 e. The number of nitrogens with one attached hydrogen (secondary N) is 1. The van der Waals surface area contributed by atoms with E-state index in [9.17, 15) is 18.0 Å². The number of sulfonamides is 1. The van der Waals surface area contributed by atoms with Crippen LogP contribution in [0.25, 0.3) is 5.65 Å². The van der Waals surface area contributed by atoms with Gasteiger partial charge >= 0.3 is 0 Å². The van der Waals surface area contributed by atoms with Gasteiger partial charge in [-0.3, -0.25) is 9.59 Å². The Labute approximate surface area is 169 Å². The lowest BCUT2D eigenvalue weighted by Crippen LogP contribution is -2.49. The predicted octanol–water partition coefficient (Wildman–Crippen LogP) is -0.0822. The average Bonchev–Trinajstić information content (AvgIpc) is 3.05. The molecule has 3 heterocycles. The molecule has 11 heteroatoms. The monoisotopic (exact) mass is 422 g/mol. The SMILES string of the molecule is Cc1nc2c(C(N)=O)cnn2c(C)c1CCC(=O)NC1CCCN(S(C)(=O)=O)C1. The van der Waals surface area contributed by atoms with E-state index in [4.69, 9.17) is 5.73 Å². The highest BCUT2D eigenvalue weighted by Gasteiger charge is 2.27. The van der Waals surface area contributed by atoms with Crippen LogP contribution in [0.2, 0.25) is 0 Å². The summed E-state index contributed by atoms with van der Waals surface area (Å²) in [6.07, 6.45) is 4.76. The van der Waals surface area contributed by atoms with Crippen molar-refractivity contribution >= 4 is 27.5 Å². The van der Waals surface area contributed by atoms with Gasteiger partial charge in [-0.15, -0.1) is 0 Å². The lowest BCUT2D eigenvalue weighted by atomic mass is 10.0. The fourth-order valence-corrected chi connectivity index (χ4v) is 4.66. The molecule has 1 aliphatic rings. The summed E-state index contributed by atoms with van der Waals surface area (Å²) in [6.45, 7) is 4.48. The van der Waals surface area contributed by atoms with E-state index >= 15 is 0 Å². The molecule has 2 amide bonds. The van der Waals surface area contributed by atoms with Crippen molar-refractivity contribution in [2.24, 2.45) is 5.73 Å². The summed E-state index contributed by atoms with van der Waals surface area (Å²) in [5, 5.41) is 7.12. The van der Waals surface area contributed by atoms with Crippen molar-refractivity contribution in [1.82, 2.24) is 24.2 Å². The largest absolute Gasteiger partial charge is 0.365 e. The second kappa shape index (κ2) is 8.07. The number of primary amides is 1. The van der Waals surface area contributed by atoms with Crippen molar-refractivity contribution in [2.75, 3.05) is 19.3 Å². The highest BCUT2D eigenvalue weighted by Crippen LogP contribution is 2.19. The van der Waals surface area contributed by atoms with E-state index < -0.39 is 15.9 Å². The number of fused-ring (bicyclic) bond motifs is 1. The summed E-state index contributed by atoms with van der Waals surface area (Å²) >= 11 is 0. The van der Waals surface area contributed by atoms with Gasteiger partial charge in [-0.2, -0.15) is 5.10 Å². The van der Waals surface area contributed by atoms with Crippen molar-refractivity contribution in [2.45, 2.75) is 45.6 Å². The van der Waals surface area contributed by atoms with Gasteiger partial charge in [0.05, 0.1) is 12.5 Å². The van der Waals surface area contributed by atoms with E-state index in [1.165, 1.54) is 16.8 Å². The van der Waals surface area contributed by atoms with Gasteiger partial charge in [0, 0.05) is 36.9 Å². The van der Waals surface area contributed by atoms with Crippen LogP contribution in [-0.4, -0.2) is 64.5 Å². The highest BCUT2D eigenvalue weighted by atomic mass is 32.2. The fourth-order valence-electron chi connectivity index (χ4n) is 3.75. The number of aromatic nitrogens is 3. The highest BCUT2D eigenvalue weighted by molar-refractivity contribution is 7.88. The zero-order valence-electron chi connectivity index (χ0n) is 16.8. The van der Waals surface area contributed by atoms with E-state index in [-0.39, 0.29) is 23.9 Å². The molecule has 3 N–H and O–H groups in total. The maximum atomic E-state index is 12.4. The molecule has 29 heavy (non-hydrogen) atoms. The first-order chi connectivity index (χ1) is 13.6. The lowest BCUT2D eigenvalue weighted by Gasteiger charge is -2.31. The number of piperidine rings is 1. The quantitative estimate of drug-likeness (QED) is 0.667. The molecule has 2 aromatic rings. The summed E-state index contributed by atoms with van der Waals surface area (Å²) in [5.41, 5.74) is 8.42. The summed E-state index contributed by atoms with van der Waals surface area (Å²) in [6, 6.07) is -0.182. The van der Waals surface area contributed by atoms with Crippen LogP contribution in [0.15, 0.2) is 6.20 Å². The number of nitrogens with zero attached hydrogens (tertiary/aromatic N) is 4. The first-order valence-electron chi connectivity index (χ1n) is 9.46. The molecule has 0 radical (unpaired) electrons. The molecule has 10 nitrogen and oxygen atoms in total. The maximum Gasteiger partial charge on any atom is 0.254 e. The van der Waals surface area contributed by atoms with Gasteiger partial charge in [0.15, 0.2) is 5.65 Å². The summed E-state index contributed by atoms with van der Waals surface area (Å²) < 4.78 is 26.4. The Kier molecular flexibility index (Phi) is 5.90. The van der Waals surface area contributed by atoms with Crippen LogP contribution < -0.4 is 11.1 Å². The molecule has 0 aromatic carbocycles. The fraction of sp³-hybridized carbons (Fsp3) is 0.556. The molecule has 3 rings (SSSR count). The molecule has 0 aliphatic carbocycles. The van der Waals surface area contributed by atoms with Crippen LogP contribution in [0.4, 0.5) is 0 Å². The van der Waals surface area contributed by atoms with E-state index in [0.717, 1.165) is 24.1 Å². The summed E-state index contributed by atoms with van der Waals surface area (Å²) in [5.74, 6) is -0.725. The van der Waals surface area contributed by atoms with Gasteiger partial charge in [-0.25, -0.2) is 22.2 Å². The molecular weight excluding hydrogens is 396 g/mol. The van der Waals surface area contributed by atoms with E-state index in [1.807, 2.05) is 13.8 Å². The average molecular weight is 423 g/mol. The number of nitrogens with two attached hydrogens (primary N) is 1. The first kappa shape index (κ1) is 21.2. The molecule has 1 atom stereocenters. The zero-order valence-corrected chi connectivity index (χ0v) is 17.6. The van der Waals surface area contributed by atoms with Crippen LogP contribution in [0.1, 0.15) is 46.6 Å². The molecule has 0 spiro atoms. The van der Waals surface area contributed by atoms with Gasteiger partial charge in [0.1, 0.15) is 5.56 Å². The minimum absolute atomic E-state index is 0.137. The van der Waals surface area contributed by atoms with Crippen LogP contribution in [0, 0.1) is 13.8 Å². The number of carbonyl (C=O) groups is 2. The van der Waals surface area contributed by atoms with Crippen molar-refractivity contribution < 1.29 is 18.0 Å². The number of aryl methyl sites for hydroxylation is 2. The lowest BCUT2D eigenvalue weighted by molar-refractivity contribution is -0.122. The molecular formula is C18H26N6O4S. The molecule has 0 saturated carbocycles. The van der Waals surface area contributed by atoms with Crippen molar-refractivity contribution in [3.05, 3.63) is 28.7 Å². The van der Waals surface area contributed by atoms with Gasteiger partial charge in [-0.05, 0) is 38.7 Å². The summed E-state index contributed by atoms with van der Waals surface area (Å²) in [7, 11) is -3.25. The van der Waals surface area contributed by atoms with E-state index in [2.05, 4.69) is 15.4 Å². The van der Waals surface area contributed by atoms with E-state index in [0.29, 0.717) is 30.9 Å². The van der Waals surface area contributed by atoms with Crippen LogP contribution in [0.5, 0.6) is 0 Å². The van der Waals surface area contributed by atoms with Crippen LogP contribution in [0.3, 0.4) is 0 Å². The molecule has 1 aliphatic heterocycles. The zero-order chi connectivity index (χ0) is 21.3. The van der Waals surface area contributed by atoms with Crippen molar-refractivity contribution in [3.63, 3.8) is 0 Å². The molecule has 158 valence electrons. The van der Waals surface area contributed by atoms with Crippen molar-refractivity contribution in [1.29, 1.82) is 0 Å². The van der Waals surface area contributed by atoms with Gasteiger partial charge in [0.25, 0.3) is 5.91 Å². The smallest absolute Gasteiger partial charge is 0.254 e. The Bertz CT molecular complexity index is 1060. The standard InChI is InChI=1S/C18H26N6O4S/c1-11-14(12(2)24-18(21-11)15(9-20-24)17(19)26)6-7-16(25)22-13-5-4-8-23(10-13)29(3,27)28/h9,13H,4-8,10H2,1-3H3,(H2,19,26)(H,22,25). The third-order valence-electron chi connectivity index (χ3n) is 5.29. The van der Waals surface area contributed by atoms with E-state index in [1.54, 1.807) is 4.52 Å². The van der Waals surface area contributed by atoms with Crippen LogP contribution in [-0.2, 0) is 21.2 Å². The number of amides is 2. The van der Waals surface area contributed by atoms with Gasteiger partial charge < -0.3 is 11.1 Å². The first-order valence-corrected chi connectivity index (χ1v) is 11.3. The Morgan fingerprint density at radius 2 is 2.07 bits per heavy atom. The third kappa shape index (κ3) is 4.56. The van der Waals surface area contributed by atoms with Crippen molar-refractivity contribution in [3.8, 4) is 0 Å². The molecule has 2 aromatic heterocycles. The molecule has 1 fully saturated rings. The normalized spacial score (nSPS) is 18.1. The molecule has 1 saturated heterocycles. The number of rotatable bonds is 6. The topological polar surface area (TPSA) is 140 Å². The number of hydrogen-bond donors (Lipinski definition) is 2. The molecule has 1 unspecified atom stereocenters. The Hall–Kier alpha value is -2.53. The van der Waals surface area contributed by atoms with Gasteiger partial charge in [-0.1, -0.05) is 0 Å². The summed E-state index contributed by atoms with van der Waals surface area (Å²) in [4.78, 5) is 28.4. The Balaban J connectivity index is 1.67.